The summed E-state index contributed by atoms with van der Waals surface area (Å²) in [5, 5.41) is 0. The molecule has 0 aliphatic rings. The Balaban J connectivity index is 2.31. The third-order valence-corrected chi connectivity index (χ3v) is 3.18. The summed E-state index contributed by atoms with van der Waals surface area (Å²) in [5.41, 5.74) is 2.81. The maximum Gasteiger partial charge on any atom is 0.244 e. The molecule has 0 aliphatic heterocycles. The van der Waals surface area contributed by atoms with E-state index in [1.807, 2.05) is 37.3 Å². The van der Waals surface area contributed by atoms with Gasteiger partial charge in [-0.15, -0.1) is 0 Å². The van der Waals surface area contributed by atoms with Crippen molar-refractivity contribution >= 4 is 8.32 Å². The summed E-state index contributed by atoms with van der Waals surface area (Å²) in [7, 11) is -1.63. The Morgan fingerprint density at radius 3 is 2.28 bits per heavy atom. The van der Waals surface area contributed by atoms with Crippen LogP contribution >= 0.6 is 0 Å². The zero-order valence-corrected chi connectivity index (χ0v) is 12.3. The quantitative estimate of drug-likeness (QED) is 0.788. The zero-order valence-electron chi connectivity index (χ0n) is 11.3. The molecule has 0 N–H and O–H groups in total. The fourth-order valence-electron chi connectivity index (χ4n) is 1.61. The fourth-order valence-corrected chi connectivity index (χ4v) is 2.39. The van der Waals surface area contributed by atoms with Crippen molar-refractivity contribution in [1.82, 2.24) is 9.97 Å². The van der Waals surface area contributed by atoms with Crippen LogP contribution in [0.5, 0.6) is 5.88 Å². The molecule has 2 rings (SSSR count). The summed E-state index contributed by atoms with van der Waals surface area (Å²) in [6.45, 7) is 8.35. The van der Waals surface area contributed by atoms with Crippen molar-refractivity contribution in [2.24, 2.45) is 0 Å². The van der Waals surface area contributed by atoms with Crippen LogP contribution in [0.25, 0.3) is 11.3 Å². The van der Waals surface area contributed by atoms with E-state index in [4.69, 9.17) is 4.43 Å². The van der Waals surface area contributed by atoms with E-state index in [9.17, 15) is 0 Å². The zero-order chi connectivity index (χ0) is 13.2. The van der Waals surface area contributed by atoms with Crippen LogP contribution < -0.4 is 4.43 Å². The van der Waals surface area contributed by atoms with Crippen molar-refractivity contribution in [2.75, 3.05) is 0 Å². The van der Waals surface area contributed by atoms with E-state index in [2.05, 4.69) is 29.6 Å². The van der Waals surface area contributed by atoms with Gasteiger partial charge in [0.25, 0.3) is 0 Å². The first kappa shape index (κ1) is 12.8. The molecule has 1 aromatic heterocycles. The molecule has 0 bridgehead atoms. The second-order valence-corrected chi connectivity index (χ2v) is 9.66. The molecule has 18 heavy (non-hydrogen) atoms. The second-order valence-electron chi connectivity index (χ2n) is 5.23. The van der Waals surface area contributed by atoms with Gasteiger partial charge in [-0.25, -0.2) is 9.97 Å². The maximum absolute atomic E-state index is 5.89. The van der Waals surface area contributed by atoms with Crippen molar-refractivity contribution in [3.05, 3.63) is 42.2 Å². The fraction of sp³-hybridized carbons (Fsp3) is 0.286. The van der Waals surface area contributed by atoms with E-state index in [1.54, 1.807) is 6.20 Å². The highest BCUT2D eigenvalue weighted by atomic mass is 28.4. The van der Waals surface area contributed by atoms with Crippen LogP contribution in [0.1, 0.15) is 5.69 Å². The lowest BCUT2D eigenvalue weighted by atomic mass is 10.2. The molecule has 0 fully saturated rings. The Bertz CT molecular complexity index is 535. The monoisotopic (exact) mass is 258 g/mol. The first-order chi connectivity index (χ1) is 8.46. The lowest BCUT2D eigenvalue weighted by Gasteiger charge is -2.19. The SMILES string of the molecule is Cc1nc(-c2ccccc2)cnc1O[Si](C)(C)C. The molecule has 0 saturated carbocycles. The van der Waals surface area contributed by atoms with Gasteiger partial charge in [-0.2, -0.15) is 0 Å². The molecule has 0 unspecified atom stereocenters. The lowest BCUT2D eigenvalue weighted by Crippen LogP contribution is -2.30. The standard InChI is InChI=1S/C14H18N2OSi/c1-11-14(17-18(2,3)4)15-10-13(16-11)12-8-6-5-7-9-12/h5-10H,1-4H3. The minimum Gasteiger partial charge on any atom is -0.530 e. The average Bonchev–Trinajstić information content (AvgIpc) is 2.31. The van der Waals surface area contributed by atoms with Crippen molar-refractivity contribution in [3.63, 3.8) is 0 Å². The Morgan fingerprint density at radius 2 is 1.72 bits per heavy atom. The summed E-state index contributed by atoms with van der Waals surface area (Å²) < 4.78 is 5.89. The van der Waals surface area contributed by atoms with Gasteiger partial charge in [0.05, 0.1) is 17.6 Å². The Hall–Kier alpha value is -1.68. The van der Waals surface area contributed by atoms with Crippen LogP contribution in [-0.4, -0.2) is 18.3 Å². The van der Waals surface area contributed by atoms with Gasteiger partial charge in [0, 0.05) is 5.56 Å². The van der Waals surface area contributed by atoms with Crippen molar-refractivity contribution in [1.29, 1.82) is 0 Å². The summed E-state index contributed by atoms with van der Waals surface area (Å²) in [5.74, 6) is 0.661. The third-order valence-electron chi connectivity index (χ3n) is 2.37. The number of hydrogen-bond acceptors (Lipinski definition) is 3. The molecular formula is C14H18N2OSi. The summed E-state index contributed by atoms with van der Waals surface area (Å²) >= 11 is 0. The van der Waals surface area contributed by atoms with E-state index in [0.29, 0.717) is 5.88 Å². The van der Waals surface area contributed by atoms with Gasteiger partial charge < -0.3 is 4.43 Å². The van der Waals surface area contributed by atoms with Crippen molar-refractivity contribution in [2.45, 2.75) is 26.6 Å². The minimum absolute atomic E-state index is 0.661. The third kappa shape index (κ3) is 3.17. The van der Waals surface area contributed by atoms with Gasteiger partial charge in [0.2, 0.25) is 14.2 Å². The molecule has 94 valence electrons. The van der Waals surface area contributed by atoms with Gasteiger partial charge in [0.15, 0.2) is 0 Å². The Labute approximate surface area is 109 Å². The number of hydrogen-bond donors (Lipinski definition) is 0. The lowest BCUT2D eigenvalue weighted by molar-refractivity contribution is 0.524. The molecule has 0 saturated heterocycles. The van der Waals surface area contributed by atoms with Crippen molar-refractivity contribution in [3.8, 4) is 17.1 Å². The van der Waals surface area contributed by atoms with Crippen molar-refractivity contribution < 1.29 is 4.43 Å². The Morgan fingerprint density at radius 1 is 1.06 bits per heavy atom. The molecule has 4 heteroatoms. The van der Waals surface area contributed by atoms with E-state index in [1.165, 1.54) is 0 Å². The van der Waals surface area contributed by atoms with Gasteiger partial charge in [0.1, 0.15) is 0 Å². The molecule has 0 spiro atoms. The predicted octanol–water partition coefficient (Wildman–Crippen LogP) is 3.67. The largest absolute Gasteiger partial charge is 0.530 e. The average molecular weight is 258 g/mol. The van der Waals surface area contributed by atoms with Gasteiger partial charge >= 0.3 is 0 Å². The number of aryl methyl sites for hydroxylation is 1. The molecule has 0 atom stereocenters. The molecule has 3 nitrogen and oxygen atoms in total. The number of aromatic nitrogens is 2. The number of benzene rings is 1. The molecule has 0 amide bonds. The van der Waals surface area contributed by atoms with Crippen LogP contribution in [0, 0.1) is 6.92 Å². The molecule has 1 heterocycles. The van der Waals surface area contributed by atoms with Gasteiger partial charge in [-0.3, -0.25) is 0 Å². The molecule has 0 aliphatic carbocycles. The van der Waals surface area contributed by atoms with E-state index < -0.39 is 8.32 Å². The first-order valence-corrected chi connectivity index (χ1v) is 9.44. The molecular weight excluding hydrogens is 240 g/mol. The Kier molecular flexibility index (Phi) is 3.47. The molecule has 1 aromatic carbocycles. The molecule has 0 radical (unpaired) electrons. The number of rotatable bonds is 3. The minimum atomic E-state index is -1.63. The van der Waals surface area contributed by atoms with Crippen LogP contribution in [-0.2, 0) is 0 Å². The van der Waals surface area contributed by atoms with Crippen LogP contribution in [0.15, 0.2) is 36.5 Å². The summed E-state index contributed by atoms with van der Waals surface area (Å²) in [6, 6.07) is 10.1. The summed E-state index contributed by atoms with van der Waals surface area (Å²) in [4.78, 5) is 8.95. The van der Waals surface area contributed by atoms with E-state index >= 15 is 0 Å². The highest BCUT2D eigenvalue weighted by molar-refractivity contribution is 6.70. The molecule has 2 aromatic rings. The first-order valence-electron chi connectivity index (χ1n) is 6.04. The van der Waals surface area contributed by atoms with E-state index in [-0.39, 0.29) is 0 Å². The highest BCUT2D eigenvalue weighted by Crippen LogP contribution is 2.21. The second kappa shape index (κ2) is 4.90. The van der Waals surface area contributed by atoms with Crippen LogP contribution in [0.2, 0.25) is 19.6 Å². The normalized spacial score (nSPS) is 11.3. The van der Waals surface area contributed by atoms with E-state index in [0.717, 1.165) is 17.0 Å². The van der Waals surface area contributed by atoms with Gasteiger partial charge in [-0.1, -0.05) is 30.3 Å². The van der Waals surface area contributed by atoms with Gasteiger partial charge in [-0.05, 0) is 26.6 Å². The summed E-state index contributed by atoms with van der Waals surface area (Å²) in [6.07, 6.45) is 1.78. The maximum atomic E-state index is 5.89. The highest BCUT2D eigenvalue weighted by Gasteiger charge is 2.19. The van der Waals surface area contributed by atoms with Crippen LogP contribution in [0.4, 0.5) is 0 Å². The predicted molar refractivity (Wildman–Crippen MR) is 76.2 cm³/mol. The topological polar surface area (TPSA) is 35.0 Å². The smallest absolute Gasteiger partial charge is 0.244 e. The van der Waals surface area contributed by atoms with Crippen LogP contribution in [0.3, 0.4) is 0 Å². The number of nitrogens with zero attached hydrogens (tertiary/aromatic N) is 2.